The van der Waals surface area contributed by atoms with Crippen molar-refractivity contribution in [3.8, 4) is 5.75 Å². The fourth-order valence-corrected chi connectivity index (χ4v) is 2.81. The van der Waals surface area contributed by atoms with Gasteiger partial charge in [-0.05, 0) is 19.1 Å². The molecule has 2 amide bonds. The van der Waals surface area contributed by atoms with Crippen LogP contribution in [0.3, 0.4) is 0 Å². The van der Waals surface area contributed by atoms with E-state index in [-0.39, 0.29) is 30.7 Å². The summed E-state index contributed by atoms with van der Waals surface area (Å²) in [5.74, 6) is -0.219. The van der Waals surface area contributed by atoms with Crippen LogP contribution in [0.25, 0.3) is 0 Å². The molecule has 8 nitrogen and oxygen atoms in total. The normalized spacial score (nSPS) is 21.8. The SMILES string of the molecule is COC1(C(=O)N2Cc3ccc(C(=O)NO)cc3OC[C@@H]2C)COC1. The first-order valence-electron chi connectivity index (χ1n) is 7.65. The maximum absolute atomic E-state index is 12.9. The summed E-state index contributed by atoms with van der Waals surface area (Å²) < 4.78 is 16.3. The van der Waals surface area contributed by atoms with Crippen molar-refractivity contribution >= 4 is 11.8 Å². The highest BCUT2D eigenvalue weighted by Crippen LogP contribution is 2.30. The van der Waals surface area contributed by atoms with Crippen LogP contribution < -0.4 is 10.2 Å². The highest BCUT2D eigenvalue weighted by molar-refractivity contribution is 5.94. The zero-order valence-electron chi connectivity index (χ0n) is 13.6. The number of hydrogen-bond donors (Lipinski definition) is 2. The van der Waals surface area contributed by atoms with Gasteiger partial charge in [0.15, 0.2) is 5.60 Å². The van der Waals surface area contributed by atoms with Gasteiger partial charge in [0, 0.05) is 24.8 Å². The molecule has 1 fully saturated rings. The molecule has 0 aliphatic carbocycles. The molecular weight excluding hydrogens is 316 g/mol. The first-order chi connectivity index (χ1) is 11.5. The molecule has 0 radical (unpaired) electrons. The van der Waals surface area contributed by atoms with Crippen LogP contribution in [0, 0.1) is 0 Å². The van der Waals surface area contributed by atoms with E-state index in [0.29, 0.717) is 18.9 Å². The van der Waals surface area contributed by atoms with Gasteiger partial charge in [0.2, 0.25) is 0 Å². The largest absolute Gasteiger partial charge is 0.491 e. The van der Waals surface area contributed by atoms with Gasteiger partial charge in [-0.15, -0.1) is 0 Å². The predicted octanol–water partition coefficient (Wildman–Crippen LogP) is 0.330. The zero-order valence-corrected chi connectivity index (χ0v) is 13.6. The first-order valence-corrected chi connectivity index (χ1v) is 7.65. The third kappa shape index (κ3) is 2.72. The molecule has 24 heavy (non-hydrogen) atoms. The fraction of sp³-hybridized carbons (Fsp3) is 0.500. The van der Waals surface area contributed by atoms with E-state index < -0.39 is 11.5 Å². The Labute approximate surface area is 139 Å². The van der Waals surface area contributed by atoms with E-state index in [1.165, 1.54) is 7.11 Å². The lowest BCUT2D eigenvalue weighted by atomic mass is 9.98. The Morgan fingerprint density at radius 1 is 1.42 bits per heavy atom. The lowest BCUT2D eigenvalue weighted by molar-refractivity contribution is -0.212. The summed E-state index contributed by atoms with van der Waals surface area (Å²) in [5.41, 5.74) is 1.74. The second kappa shape index (κ2) is 6.39. The van der Waals surface area contributed by atoms with Crippen molar-refractivity contribution in [2.75, 3.05) is 26.9 Å². The van der Waals surface area contributed by atoms with E-state index in [1.54, 1.807) is 28.6 Å². The molecule has 1 atom stereocenters. The third-order valence-corrected chi connectivity index (χ3v) is 4.50. The number of carbonyl (C=O) groups excluding carboxylic acids is 2. The van der Waals surface area contributed by atoms with Crippen LogP contribution in [0.2, 0.25) is 0 Å². The Morgan fingerprint density at radius 2 is 2.17 bits per heavy atom. The minimum atomic E-state index is -0.921. The quantitative estimate of drug-likeness (QED) is 0.610. The average Bonchev–Trinajstić information content (AvgIpc) is 2.72. The lowest BCUT2D eigenvalue weighted by Gasteiger charge is -2.42. The molecule has 0 aromatic heterocycles. The summed E-state index contributed by atoms with van der Waals surface area (Å²) in [6, 6.07) is 4.69. The molecule has 1 saturated heterocycles. The van der Waals surface area contributed by atoms with Crippen molar-refractivity contribution in [2.24, 2.45) is 0 Å². The average molecular weight is 336 g/mol. The van der Waals surface area contributed by atoms with Crippen LogP contribution in [0.5, 0.6) is 5.75 Å². The Bertz CT molecular complexity index is 652. The molecule has 0 saturated carbocycles. The molecule has 0 unspecified atom stereocenters. The number of carbonyl (C=O) groups is 2. The predicted molar refractivity (Wildman–Crippen MR) is 81.8 cm³/mol. The van der Waals surface area contributed by atoms with Crippen LogP contribution in [0.15, 0.2) is 18.2 Å². The molecule has 0 spiro atoms. The number of hydroxylamine groups is 1. The Balaban J connectivity index is 1.87. The summed E-state index contributed by atoms with van der Waals surface area (Å²) in [4.78, 5) is 26.1. The number of ether oxygens (including phenoxy) is 3. The monoisotopic (exact) mass is 336 g/mol. The Morgan fingerprint density at radius 3 is 2.75 bits per heavy atom. The highest BCUT2D eigenvalue weighted by atomic mass is 16.6. The molecule has 3 rings (SSSR count). The van der Waals surface area contributed by atoms with E-state index in [9.17, 15) is 9.59 Å². The van der Waals surface area contributed by atoms with Crippen molar-refractivity contribution in [3.63, 3.8) is 0 Å². The van der Waals surface area contributed by atoms with Crippen LogP contribution in [0.4, 0.5) is 0 Å². The molecule has 2 aliphatic heterocycles. The van der Waals surface area contributed by atoms with Crippen molar-refractivity contribution in [2.45, 2.75) is 25.1 Å². The van der Waals surface area contributed by atoms with Gasteiger partial charge in [0.1, 0.15) is 12.4 Å². The van der Waals surface area contributed by atoms with Gasteiger partial charge in [-0.2, -0.15) is 0 Å². The van der Waals surface area contributed by atoms with E-state index in [1.807, 2.05) is 6.92 Å². The number of methoxy groups -OCH3 is 1. The van der Waals surface area contributed by atoms with Gasteiger partial charge in [0.25, 0.3) is 11.8 Å². The molecule has 8 heteroatoms. The van der Waals surface area contributed by atoms with Crippen LogP contribution >= 0.6 is 0 Å². The summed E-state index contributed by atoms with van der Waals surface area (Å²) in [7, 11) is 1.51. The smallest absolute Gasteiger partial charge is 0.274 e. The third-order valence-electron chi connectivity index (χ3n) is 4.50. The number of hydrogen-bond acceptors (Lipinski definition) is 6. The first kappa shape index (κ1) is 16.7. The number of fused-ring (bicyclic) bond motifs is 1. The Kier molecular flexibility index (Phi) is 4.44. The molecule has 1 aromatic rings. The number of amides is 2. The van der Waals surface area contributed by atoms with Gasteiger partial charge in [-0.3, -0.25) is 14.8 Å². The van der Waals surface area contributed by atoms with Crippen LogP contribution in [0.1, 0.15) is 22.8 Å². The number of benzene rings is 1. The number of rotatable bonds is 3. The second-order valence-electron chi connectivity index (χ2n) is 6.05. The van der Waals surface area contributed by atoms with Gasteiger partial charge < -0.3 is 19.1 Å². The summed E-state index contributed by atoms with van der Waals surface area (Å²) in [6.45, 7) is 3.03. The van der Waals surface area contributed by atoms with Crippen molar-refractivity contribution in [3.05, 3.63) is 29.3 Å². The van der Waals surface area contributed by atoms with Crippen molar-refractivity contribution in [1.29, 1.82) is 0 Å². The molecule has 2 N–H and O–H groups in total. The van der Waals surface area contributed by atoms with Crippen molar-refractivity contribution < 1.29 is 29.0 Å². The molecule has 0 bridgehead atoms. The van der Waals surface area contributed by atoms with E-state index in [4.69, 9.17) is 19.4 Å². The maximum Gasteiger partial charge on any atom is 0.274 e. The molecule has 2 heterocycles. The number of nitrogens with one attached hydrogen (secondary N) is 1. The van der Waals surface area contributed by atoms with Gasteiger partial charge >= 0.3 is 0 Å². The summed E-state index contributed by atoms with van der Waals surface area (Å²) in [6.07, 6.45) is 0. The lowest BCUT2D eigenvalue weighted by Crippen LogP contribution is -2.63. The standard InChI is InChI=1S/C16H20N2O6/c1-10-7-24-13-5-11(14(19)17-21)3-4-12(13)6-18(10)15(20)16(22-2)8-23-9-16/h3-5,10,21H,6-9H2,1-2H3,(H,17,19)/t10-/m0/s1. The second-order valence-corrected chi connectivity index (χ2v) is 6.05. The van der Waals surface area contributed by atoms with Gasteiger partial charge in [-0.1, -0.05) is 6.07 Å². The van der Waals surface area contributed by atoms with E-state index in [0.717, 1.165) is 5.56 Å². The minimum absolute atomic E-state index is 0.127. The minimum Gasteiger partial charge on any atom is -0.491 e. The summed E-state index contributed by atoms with van der Waals surface area (Å²) >= 11 is 0. The molecule has 1 aromatic carbocycles. The molecule has 130 valence electrons. The van der Waals surface area contributed by atoms with E-state index >= 15 is 0 Å². The highest BCUT2D eigenvalue weighted by Gasteiger charge is 2.49. The molecule has 2 aliphatic rings. The van der Waals surface area contributed by atoms with Crippen LogP contribution in [-0.2, 0) is 20.8 Å². The summed E-state index contributed by atoms with van der Waals surface area (Å²) in [5, 5.41) is 8.74. The van der Waals surface area contributed by atoms with E-state index in [2.05, 4.69) is 0 Å². The van der Waals surface area contributed by atoms with Crippen molar-refractivity contribution in [1.82, 2.24) is 10.4 Å². The fourth-order valence-electron chi connectivity index (χ4n) is 2.81. The topological polar surface area (TPSA) is 97.3 Å². The number of nitrogens with zero attached hydrogens (tertiary/aromatic N) is 1. The maximum atomic E-state index is 12.9. The Hall–Kier alpha value is -2.16. The van der Waals surface area contributed by atoms with Gasteiger partial charge in [-0.25, -0.2) is 5.48 Å². The zero-order chi connectivity index (χ0) is 17.3. The van der Waals surface area contributed by atoms with Gasteiger partial charge in [0.05, 0.1) is 19.3 Å². The van der Waals surface area contributed by atoms with Crippen LogP contribution in [-0.4, -0.2) is 60.5 Å². The molecular formula is C16H20N2O6.